The molecule has 7 nitrogen and oxygen atoms in total. The van der Waals surface area contributed by atoms with Crippen LogP contribution in [0.25, 0.3) is 0 Å². The summed E-state index contributed by atoms with van der Waals surface area (Å²) >= 11 is 0. The minimum atomic E-state index is -0.485. The van der Waals surface area contributed by atoms with Crippen LogP contribution in [0.5, 0.6) is 17.2 Å². The molecule has 0 spiro atoms. The first-order chi connectivity index (χ1) is 12.5. The van der Waals surface area contributed by atoms with E-state index < -0.39 is 11.8 Å². The highest BCUT2D eigenvalue weighted by molar-refractivity contribution is 6.00. The zero-order valence-electron chi connectivity index (χ0n) is 15.2. The van der Waals surface area contributed by atoms with Crippen LogP contribution < -0.4 is 25.1 Å². The molecule has 26 heavy (non-hydrogen) atoms. The number of benzene rings is 2. The van der Waals surface area contributed by atoms with Crippen molar-refractivity contribution in [1.82, 2.24) is 10.9 Å². The van der Waals surface area contributed by atoms with Crippen molar-refractivity contribution in [2.75, 3.05) is 14.2 Å². The number of rotatable bonds is 6. The third-order valence-corrected chi connectivity index (χ3v) is 3.43. The van der Waals surface area contributed by atoms with Crippen LogP contribution in [0.15, 0.2) is 42.5 Å². The van der Waals surface area contributed by atoms with Gasteiger partial charge < -0.3 is 14.2 Å². The van der Waals surface area contributed by atoms with E-state index in [1.54, 1.807) is 36.4 Å². The van der Waals surface area contributed by atoms with E-state index in [-0.39, 0.29) is 6.10 Å². The molecule has 0 aliphatic heterocycles. The fourth-order valence-electron chi connectivity index (χ4n) is 2.24. The Kier molecular flexibility index (Phi) is 6.43. The molecule has 0 atom stereocenters. The van der Waals surface area contributed by atoms with E-state index in [4.69, 9.17) is 14.2 Å². The molecule has 2 aromatic rings. The Balaban J connectivity index is 2.07. The standard InChI is InChI=1S/C19H22N2O5/c1-12(2)26-15-8-6-5-7-14(15)19(23)21-20-18(22)13-9-10-16(24-3)17(11-13)25-4/h5-12H,1-4H3,(H,20,22)(H,21,23). The number of amides is 2. The van der Waals surface area contributed by atoms with Crippen LogP contribution in [0.1, 0.15) is 34.6 Å². The van der Waals surface area contributed by atoms with Crippen molar-refractivity contribution in [2.24, 2.45) is 0 Å². The van der Waals surface area contributed by atoms with Gasteiger partial charge in [-0.2, -0.15) is 0 Å². The first-order valence-electron chi connectivity index (χ1n) is 8.04. The molecule has 2 rings (SSSR count). The van der Waals surface area contributed by atoms with Gasteiger partial charge in [0.2, 0.25) is 0 Å². The second-order valence-corrected chi connectivity index (χ2v) is 5.64. The van der Waals surface area contributed by atoms with Crippen LogP contribution in [0.3, 0.4) is 0 Å². The van der Waals surface area contributed by atoms with E-state index in [1.165, 1.54) is 20.3 Å². The minimum absolute atomic E-state index is 0.0784. The topological polar surface area (TPSA) is 85.9 Å². The van der Waals surface area contributed by atoms with E-state index >= 15 is 0 Å². The van der Waals surface area contributed by atoms with E-state index in [2.05, 4.69) is 10.9 Å². The lowest BCUT2D eigenvalue weighted by Crippen LogP contribution is -2.41. The maximum atomic E-state index is 12.4. The van der Waals surface area contributed by atoms with Gasteiger partial charge in [0, 0.05) is 5.56 Å². The monoisotopic (exact) mass is 358 g/mol. The molecule has 0 radical (unpaired) electrons. The van der Waals surface area contributed by atoms with Crippen molar-refractivity contribution < 1.29 is 23.8 Å². The van der Waals surface area contributed by atoms with Crippen molar-refractivity contribution in [3.8, 4) is 17.2 Å². The second kappa shape index (κ2) is 8.75. The summed E-state index contributed by atoms with van der Waals surface area (Å²) in [5.41, 5.74) is 5.40. The minimum Gasteiger partial charge on any atom is -0.493 e. The van der Waals surface area contributed by atoms with Crippen molar-refractivity contribution >= 4 is 11.8 Å². The average Bonchev–Trinajstić information content (AvgIpc) is 2.65. The van der Waals surface area contributed by atoms with Crippen molar-refractivity contribution in [3.05, 3.63) is 53.6 Å². The third-order valence-electron chi connectivity index (χ3n) is 3.43. The molecule has 0 saturated heterocycles. The van der Waals surface area contributed by atoms with Gasteiger partial charge in [-0.15, -0.1) is 0 Å². The number of ether oxygens (including phenoxy) is 3. The molecule has 138 valence electrons. The van der Waals surface area contributed by atoms with Gasteiger partial charge in [-0.1, -0.05) is 12.1 Å². The van der Waals surface area contributed by atoms with E-state index in [9.17, 15) is 9.59 Å². The molecule has 0 aliphatic rings. The lowest BCUT2D eigenvalue weighted by atomic mass is 10.2. The van der Waals surface area contributed by atoms with Crippen molar-refractivity contribution in [1.29, 1.82) is 0 Å². The normalized spacial score (nSPS) is 10.2. The first-order valence-corrected chi connectivity index (χ1v) is 8.04. The van der Waals surface area contributed by atoms with E-state index in [0.29, 0.717) is 28.4 Å². The molecule has 0 aromatic heterocycles. The molecule has 2 aromatic carbocycles. The second-order valence-electron chi connectivity index (χ2n) is 5.64. The summed E-state index contributed by atoms with van der Waals surface area (Å²) in [5.74, 6) is 0.409. The maximum absolute atomic E-state index is 12.4. The Morgan fingerprint density at radius 1 is 0.846 bits per heavy atom. The van der Waals surface area contributed by atoms with Gasteiger partial charge in [0.15, 0.2) is 11.5 Å². The number of carbonyl (C=O) groups excluding carboxylic acids is 2. The largest absolute Gasteiger partial charge is 0.493 e. The fraction of sp³-hybridized carbons (Fsp3) is 0.263. The number of carbonyl (C=O) groups is 2. The van der Waals surface area contributed by atoms with Gasteiger partial charge in [0.25, 0.3) is 11.8 Å². The molecule has 0 bridgehead atoms. The van der Waals surface area contributed by atoms with Crippen LogP contribution in [0, 0.1) is 0 Å². The molecule has 2 N–H and O–H groups in total. The van der Waals surface area contributed by atoms with Crippen molar-refractivity contribution in [3.63, 3.8) is 0 Å². The summed E-state index contributed by atoms with van der Waals surface area (Å²) in [6.45, 7) is 3.74. The highest BCUT2D eigenvalue weighted by atomic mass is 16.5. The molecule has 7 heteroatoms. The van der Waals surface area contributed by atoms with Crippen LogP contribution in [0.2, 0.25) is 0 Å². The van der Waals surface area contributed by atoms with Crippen molar-refractivity contribution in [2.45, 2.75) is 20.0 Å². The number of methoxy groups -OCH3 is 2. The quantitative estimate of drug-likeness (QED) is 0.775. The highest BCUT2D eigenvalue weighted by Gasteiger charge is 2.15. The Bertz CT molecular complexity index is 789. The molecule has 0 unspecified atom stereocenters. The van der Waals surface area contributed by atoms with Gasteiger partial charge in [-0.3, -0.25) is 20.4 Å². The summed E-state index contributed by atoms with van der Waals surface area (Å²) in [4.78, 5) is 24.6. The Hall–Kier alpha value is -3.22. The Morgan fingerprint density at radius 2 is 1.50 bits per heavy atom. The highest BCUT2D eigenvalue weighted by Crippen LogP contribution is 2.27. The number of hydrogen-bond donors (Lipinski definition) is 2. The van der Waals surface area contributed by atoms with Gasteiger partial charge in [0.05, 0.1) is 25.9 Å². The predicted octanol–water partition coefficient (Wildman–Crippen LogP) is 2.57. The van der Waals surface area contributed by atoms with E-state index in [1.807, 2.05) is 13.8 Å². The summed E-state index contributed by atoms with van der Waals surface area (Å²) in [5, 5.41) is 0. The molecular weight excluding hydrogens is 336 g/mol. The average molecular weight is 358 g/mol. The van der Waals surface area contributed by atoms with Gasteiger partial charge in [0.1, 0.15) is 5.75 Å². The molecule has 0 aliphatic carbocycles. The summed E-state index contributed by atoms with van der Waals surface area (Å²) in [7, 11) is 2.99. The molecule has 0 fully saturated rings. The van der Waals surface area contributed by atoms with Crippen LogP contribution >= 0.6 is 0 Å². The SMILES string of the molecule is COc1ccc(C(=O)NNC(=O)c2ccccc2OC(C)C)cc1OC. The van der Waals surface area contributed by atoms with Crippen LogP contribution in [0.4, 0.5) is 0 Å². The lowest BCUT2D eigenvalue weighted by molar-refractivity contribution is 0.0843. The summed E-state index contributed by atoms with van der Waals surface area (Å²) in [6.07, 6.45) is -0.0784. The summed E-state index contributed by atoms with van der Waals surface area (Å²) < 4.78 is 15.9. The number of hydrogen-bond acceptors (Lipinski definition) is 5. The molecule has 0 heterocycles. The number of para-hydroxylation sites is 1. The van der Waals surface area contributed by atoms with Gasteiger partial charge >= 0.3 is 0 Å². The third kappa shape index (κ3) is 4.66. The summed E-state index contributed by atoms with van der Waals surface area (Å²) in [6, 6.07) is 11.5. The zero-order valence-corrected chi connectivity index (χ0v) is 15.2. The Labute approximate surface area is 152 Å². The Morgan fingerprint density at radius 3 is 2.15 bits per heavy atom. The number of nitrogens with one attached hydrogen (secondary N) is 2. The predicted molar refractivity (Wildman–Crippen MR) is 96.7 cm³/mol. The maximum Gasteiger partial charge on any atom is 0.273 e. The lowest BCUT2D eigenvalue weighted by Gasteiger charge is -2.14. The van der Waals surface area contributed by atoms with Gasteiger partial charge in [-0.05, 0) is 44.2 Å². The van der Waals surface area contributed by atoms with E-state index in [0.717, 1.165) is 0 Å². The van der Waals surface area contributed by atoms with Gasteiger partial charge in [-0.25, -0.2) is 0 Å². The van der Waals surface area contributed by atoms with Crippen LogP contribution in [-0.2, 0) is 0 Å². The zero-order chi connectivity index (χ0) is 19.1. The smallest absolute Gasteiger partial charge is 0.273 e. The first kappa shape index (κ1) is 19.1. The molecule has 2 amide bonds. The fourth-order valence-corrected chi connectivity index (χ4v) is 2.24. The molecular formula is C19H22N2O5. The molecule has 0 saturated carbocycles. The number of hydrazine groups is 1. The van der Waals surface area contributed by atoms with Crippen LogP contribution in [-0.4, -0.2) is 32.1 Å².